The lowest BCUT2D eigenvalue weighted by Crippen LogP contribution is -2.47. The van der Waals surface area contributed by atoms with Crippen molar-refractivity contribution in [1.29, 1.82) is 0 Å². The molecule has 0 aromatic rings. The molecule has 1 heteroatoms. The maximum absolute atomic E-state index is 6.89. The molecular formula is C25H53N. The molecular weight excluding hydrogens is 314 g/mol. The molecule has 0 amide bonds. The van der Waals surface area contributed by atoms with Crippen molar-refractivity contribution in [1.82, 2.24) is 0 Å². The zero-order valence-corrected chi connectivity index (χ0v) is 19.1. The van der Waals surface area contributed by atoms with E-state index in [1.165, 1.54) is 122 Å². The third-order valence-corrected chi connectivity index (χ3v) is 6.29. The molecule has 1 unspecified atom stereocenters. The van der Waals surface area contributed by atoms with Crippen LogP contribution in [0.25, 0.3) is 0 Å². The van der Waals surface area contributed by atoms with Gasteiger partial charge in [-0.3, -0.25) is 0 Å². The van der Waals surface area contributed by atoms with Gasteiger partial charge in [0.2, 0.25) is 0 Å². The van der Waals surface area contributed by atoms with E-state index in [0.29, 0.717) is 0 Å². The van der Waals surface area contributed by atoms with Gasteiger partial charge in [-0.25, -0.2) is 0 Å². The van der Waals surface area contributed by atoms with Crippen molar-refractivity contribution in [2.45, 2.75) is 155 Å². The van der Waals surface area contributed by atoms with E-state index in [4.69, 9.17) is 5.73 Å². The molecule has 1 atom stereocenters. The number of hydrogen-bond donors (Lipinski definition) is 1. The smallest absolute Gasteiger partial charge is 0.0182 e. The number of nitrogens with two attached hydrogens (primary N) is 1. The van der Waals surface area contributed by atoms with Gasteiger partial charge < -0.3 is 5.73 Å². The Morgan fingerprint density at radius 2 is 0.923 bits per heavy atom. The Morgan fingerprint density at radius 3 is 1.31 bits per heavy atom. The SMILES string of the molecule is CCCCCCCCCCCCCCC(CCC)C(N)(CCC)CCC. The second-order valence-electron chi connectivity index (χ2n) is 8.90. The summed E-state index contributed by atoms with van der Waals surface area (Å²) >= 11 is 0. The Balaban J connectivity index is 3.80. The molecule has 1 nitrogen and oxygen atoms in total. The van der Waals surface area contributed by atoms with Crippen LogP contribution in [0.4, 0.5) is 0 Å². The van der Waals surface area contributed by atoms with Crippen LogP contribution in [0.15, 0.2) is 0 Å². The first-order valence-corrected chi connectivity index (χ1v) is 12.4. The van der Waals surface area contributed by atoms with E-state index in [9.17, 15) is 0 Å². The second kappa shape index (κ2) is 18.3. The summed E-state index contributed by atoms with van der Waals surface area (Å²) in [7, 11) is 0. The van der Waals surface area contributed by atoms with Gasteiger partial charge in [-0.05, 0) is 31.6 Å². The summed E-state index contributed by atoms with van der Waals surface area (Å²) in [6.45, 7) is 9.22. The fraction of sp³-hybridized carbons (Fsp3) is 1.00. The molecule has 0 radical (unpaired) electrons. The number of unbranched alkanes of at least 4 members (excludes halogenated alkanes) is 11. The quantitative estimate of drug-likeness (QED) is 0.214. The minimum Gasteiger partial charge on any atom is -0.325 e. The van der Waals surface area contributed by atoms with Crippen molar-refractivity contribution in [3.63, 3.8) is 0 Å². The van der Waals surface area contributed by atoms with Gasteiger partial charge in [-0.15, -0.1) is 0 Å². The van der Waals surface area contributed by atoms with Gasteiger partial charge in [0.05, 0.1) is 0 Å². The van der Waals surface area contributed by atoms with E-state index in [0.717, 1.165) is 5.92 Å². The first-order chi connectivity index (χ1) is 12.6. The zero-order valence-electron chi connectivity index (χ0n) is 19.1. The maximum atomic E-state index is 6.89. The van der Waals surface area contributed by atoms with Gasteiger partial charge in [0, 0.05) is 5.54 Å². The summed E-state index contributed by atoms with van der Waals surface area (Å²) in [5.41, 5.74) is 7.00. The third-order valence-electron chi connectivity index (χ3n) is 6.29. The summed E-state index contributed by atoms with van der Waals surface area (Å²) in [6, 6.07) is 0. The van der Waals surface area contributed by atoms with Crippen LogP contribution in [0, 0.1) is 5.92 Å². The van der Waals surface area contributed by atoms with Crippen molar-refractivity contribution in [2.75, 3.05) is 0 Å². The number of rotatable bonds is 20. The molecule has 0 spiro atoms. The molecule has 0 fully saturated rings. The molecule has 0 aromatic carbocycles. The molecule has 2 N–H and O–H groups in total. The van der Waals surface area contributed by atoms with E-state index in [1.807, 2.05) is 0 Å². The molecule has 0 aliphatic carbocycles. The van der Waals surface area contributed by atoms with Crippen LogP contribution >= 0.6 is 0 Å². The molecule has 158 valence electrons. The predicted octanol–water partition coefficient (Wildman–Crippen LogP) is 8.79. The molecule has 0 aromatic heterocycles. The van der Waals surface area contributed by atoms with Crippen LogP contribution < -0.4 is 5.73 Å². The summed E-state index contributed by atoms with van der Waals surface area (Å²) in [4.78, 5) is 0. The third kappa shape index (κ3) is 13.2. The molecule has 0 aliphatic rings. The second-order valence-corrected chi connectivity index (χ2v) is 8.90. The monoisotopic (exact) mass is 367 g/mol. The van der Waals surface area contributed by atoms with E-state index in [2.05, 4.69) is 27.7 Å². The number of hydrogen-bond acceptors (Lipinski definition) is 1. The van der Waals surface area contributed by atoms with Crippen LogP contribution in [0.1, 0.15) is 150 Å². The maximum Gasteiger partial charge on any atom is 0.0182 e. The van der Waals surface area contributed by atoms with E-state index in [1.54, 1.807) is 0 Å². The van der Waals surface area contributed by atoms with Crippen LogP contribution in [0.2, 0.25) is 0 Å². The van der Waals surface area contributed by atoms with Crippen molar-refractivity contribution in [2.24, 2.45) is 11.7 Å². The first kappa shape index (κ1) is 26.0. The van der Waals surface area contributed by atoms with E-state index in [-0.39, 0.29) is 5.54 Å². The highest BCUT2D eigenvalue weighted by Gasteiger charge is 2.31. The Bertz CT molecular complexity index is 267. The molecule has 26 heavy (non-hydrogen) atoms. The van der Waals surface area contributed by atoms with Gasteiger partial charge in [0.15, 0.2) is 0 Å². The average molecular weight is 368 g/mol. The topological polar surface area (TPSA) is 26.0 Å². The summed E-state index contributed by atoms with van der Waals surface area (Å²) in [5, 5.41) is 0. The lowest BCUT2D eigenvalue weighted by atomic mass is 9.73. The van der Waals surface area contributed by atoms with Gasteiger partial charge in [-0.1, -0.05) is 124 Å². The molecule has 0 heterocycles. The van der Waals surface area contributed by atoms with E-state index >= 15 is 0 Å². The van der Waals surface area contributed by atoms with Crippen LogP contribution in [-0.4, -0.2) is 5.54 Å². The highest BCUT2D eigenvalue weighted by Crippen LogP contribution is 2.33. The lowest BCUT2D eigenvalue weighted by Gasteiger charge is -2.38. The van der Waals surface area contributed by atoms with Crippen LogP contribution in [-0.2, 0) is 0 Å². The Hall–Kier alpha value is -0.0400. The molecule has 0 aliphatic heterocycles. The van der Waals surface area contributed by atoms with Crippen molar-refractivity contribution >= 4 is 0 Å². The average Bonchev–Trinajstić information content (AvgIpc) is 2.62. The largest absolute Gasteiger partial charge is 0.325 e. The Morgan fingerprint density at radius 1 is 0.500 bits per heavy atom. The minimum atomic E-state index is 0.108. The summed E-state index contributed by atoms with van der Waals surface area (Å²) in [5.74, 6) is 0.746. The van der Waals surface area contributed by atoms with E-state index < -0.39 is 0 Å². The fourth-order valence-corrected chi connectivity index (χ4v) is 4.76. The van der Waals surface area contributed by atoms with Crippen molar-refractivity contribution in [3.05, 3.63) is 0 Å². The summed E-state index contributed by atoms with van der Waals surface area (Å²) in [6.07, 6.45) is 26.1. The fourth-order valence-electron chi connectivity index (χ4n) is 4.76. The van der Waals surface area contributed by atoms with Gasteiger partial charge in [-0.2, -0.15) is 0 Å². The highest BCUT2D eigenvalue weighted by atomic mass is 14.8. The van der Waals surface area contributed by atoms with Crippen molar-refractivity contribution < 1.29 is 0 Å². The molecule has 0 rings (SSSR count). The van der Waals surface area contributed by atoms with Gasteiger partial charge in [0.1, 0.15) is 0 Å². The lowest BCUT2D eigenvalue weighted by molar-refractivity contribution is 0.200. The first-order valence-electron chi connectivity index (χ1n) is 12.4. The Labute approximate surface area is 167 Å². The normalized spacial score (nSPS) is 13.3. The standard InChI is InChI=1S/C25H53N/c1-5-9-10-11-12-13-14-15-16-17-18-19-21-24(20-6-2)25(26,22-7-3)23-8-4/h24H,5-23,26H2,1-4H3. The minimum absolute atomic E-state index is 0.108. The predicted molar refractivity (Wildman–Crippen MR) is 121 cm³/mol. The Kier molecular flexibility index (Phi) is 18.3. The molecule has 0 saturated heterocycles. The highest BCUT2D eigenvalue weighted by molar-refractivity contribution is 4.90. The van der Waals surface area contributed by atoms with Crippen molar-refractivity contribution in [3.8, 4) is 0 Å². The molecule has 0 saturated carbocycles. The van der Waals surface area contributed by atoms with Gasteiger partial charge >= 0.3 is 0 Å². The summed E-state index contributed by atoms with van der Waals surface area (Å²) < 4.78 is 0. The van der Waals surface area contributed by atoms with Crippen LogP contribution in [0.5, 0.6) is 0 Å². The zero-order chi connectivity index (χ0) is 19.5. The van der Waals surface area contributed by atoms with Gasteiger partial charge in [0.25, 0.3) is 0 Å². The molecule has 0 bridgehead atoms. The van der Waals surface area contributed by atoms with Crippen LogP contribution in [0.3, 0.4) is 0 Å².